The molecule has 21 heavy (non-hydrogen) atoms. The fourth-order valence-corrected chi connectivity index (χ4v) is 4.13. The number of anilines is 1. The number of carbonyl (C=O) groups is 1. The van der Waals surface area contributed by atoms with Crippen molar-refractivity contribution in [3.63, 3.8) is 0 Å². The van der Waals surface area contributed by atoms with Gasteiger partial charge in [-0.2, -0.15) is 11.8 Å². The lowest BCUT2D eigenvalue weighted by Crippen LogP contribution is -2.44. The zero-order valence-electron chi connectivity index (χ0n) is 12.6. The summed E-state index contributed by atoms with van der Waals surface area (Å²) in [5.41, 5.74) is 2.44. The summed E-state index contributed by atoms with van der Waals surface area (Å²) in [6.07, 6.45) is 7.78. The Bertz CT molecular complexity index is 497. The highest BCUT2D eigenvalue weighted by atomic mass is 32.2. The molecule has 0 saturated heterocycles. The van der Waals surface area contributed by atoms with Crippen molar-refractivity contribution in [2.24, 2.45) is 5.92 Å². The van der Waals surface area contributed by atoms with Gasteiger partial charge in [-0.15, -0.1) is 0 Å². The van der Waals surface area contributed by atoms with Crippen molar-refractivity contribution in [2.45, 2.75) is 43.4 Å². The molecule has 0 bridgehead atoms. The van der Waals surface area contributed by atoms with Crippen molar-refractivity contribution in [1.29, 1.82) is 0 Å². The van der Waals surface area contributed by atoms with E-state index in [1.54, 1.807) is 0 Å². The van der Waals surface area contributed by atoms with Crippen LogP contribution in [0.3, 0.4) is 0 Å². The van der Waals surface area contributed by atoms with Gasteiger partial charge in [-0.05, 0) is 50.0 Å². The van der Waals surface area contributed by atoms with E-state index >= 15 is 0 Å². The molecule has 1 amide bonds. The lowest BCUT2D eigenvalue weighted by Gasteiger charge is -2.31. The standard InChI is InChI=1S/C17H24N2OS/c1-21-15-8-6-14(7-9-15)19-17(20)13-10-12-4-2-3-5-16(12)18-11-13/h2-5,13-15,18H,6-11H2,1H3,(H,19,20). The fraction of sp³-hybridized carbons (Fsp3) is 0.588. The van der Waals surface area contributed by atoms with Gasteiger partial charge < -0.3 is 10.6 Å². The van der Waals surface area contributed by atoms with Gasteiger partial charge in [0.15, 0.2) is 0 Å². The normalized spacial score (nSPS) is 28.3. The van der Waals surface area contributed by atoms with Crippen molar-refractivity contribution >= 4 is 23.4 Å². The molecule has 1 aromatic carbocycles. The van der Waals surface area contributed by atoms with Gasteiger partial charge in [0.2, 0.25) is 5.91 Å². The first kappa shape index (κ1) is 14.8. The van der Waals surface area contributed by atoms with Crippen molar-refractivity contribution < 1.29 is 4.79 Å². The van der Waals surface area contributed by atoms with E-state index in [0.29, 0.717) is 6.04 Å². The van der Waals surface area contributed by atoms with E-state index in [9.17, 15) is 4.79 Å². The molecule has 1 unspecified atom stereocenters. The van der Waals surface area contributed by atoms with Crippen LogP contribution in [0.1, 0.15) is 31.2 Å². The molecule has 0 aromatic heterocycles. The second-order valence-corrected chi connectivity index (χ2v) is 7.30. The average Bonchev–Trinajstić information content (AvgIpc) is 2.55. The molecule has 1 aliphatic carbocycles. The first-order chi connectivity index (χ1) is 10.3. The molecule has 114 valence electrons. The Morgan fingerprint density at radius 3 is 2.76 bits per heavy atom. The summed E-state index contributed by atoms with van der Waals surface area (Å²) in [5.74, 6) is 0.294. The van der Waals surface area contributed by atoms with Gasteiger partial charge in [0.1, 0.15) is 0 Å². The smallest absolute Gasteiger partial charge is 0.225 e. The van der Waals surface area contributed by atoms with E-state index in [1.807, 2.05) is 23.9 Å². The van der Waals surface area contributed by atoms with Crippen LogP contribution in [0.15, 0.2) is 24.3 Å². The van der Waals surface area contributed by atoms with Crippen LogP contribution < -0.4 is 10.6 Å². The Morgan fingerprint density at radius 2 is 2.00 bits per heavy atom. The van der Waals surface area contributed by atoms with Crippen molar-refractivity contribution in [3.05, 3.63) is 29.8 Å². The Balaban J connectivity index is 1.53. The molecule has 0 spiro atoms. The Morgan fingerprint density at radius 1 is 1.24 bits per heavy atom. The summed E-state index contributed by atoms with van der Waals surface area (Å²) in [6.45, 7) is 0.753. The van der Waals surface area contributed by atoms with Crippen LogP contribution in [0, 0.1) is 5.92 Å². The molecule has 4 heteroatoms. The molecule has 1 saturated carbocycles. The number of carbonyl (C=O) groups excluding carboxylic acids is 1. The summed E-state index contributed by atoms with van der Waals surface area (Å²) >= 11 is 1.96. The SMILES string of the molecule is CSC1CCC(NC(=O)C2CNc3ccccc3C2)CC1. The van der Waals surface area contributed by atoms with E-state index in [4.69, 9.17) is 0 Å². The van der Waals surface area contributed by atoms with Crippen LogP contribution >= 0.6 is 11.8 Å². The second-order valence-electron chi connectivity index (χ2n) is 6.16. The van der Waals surface area contributed by atoms with Crippen molar-refractivity contribution in [3.8, 4) is 0 Å². The van der Waals surface area contributed by atoms with Gasteiger partial charge in [0.05, 0.1) is 5.92 Å². The minimum atomic E-state index is 0.0678. The highest BCUT2D eigenvalue weighted by molar-refractivity contribution is 7.99. The molecule has 0 radical (unpaired) electrons. The molecular formula is C17H24N2OS. The maximum atomic E-state index is 12.5. The lowest BCUT2D eigenvalue weighted by molar-refractivity contribution is -0.125. The molecule has 1 aromatic rings. The highest BCUT2D eigenvalue weighted by Gasteiger charge is 2.27. The molecule has 1 fully saturated rings. The third-order valence-corrected chi connectivity index (χ3v) is 5.89. The van der Waals surface area contributed by atoms with E-state index in [-0.39, 0.29) is 11.8 Å². The van der Waals surface area contributed by atoms with Crippen molar-refractivity contribution in [1.82, 2.24) is 5.32 Å². The van der Waals surface area contributed by atoms with Crippen LogP contribution in [0.5, 0.6) is 0 Å². The van der Waals surface area contributed by atoms with E-state index < -0.39 is 0 Å². The summed E-state index contributed by atoms with van der Waals surface area (Å²) in [5, 5.41) is 7.45. The number of amides is 1. The van der Waals surface area contributed by atoms with Crippen LogP contribution in [0.4, 0.5) is 5.69 Å². The maximum Gasteiger partial charge on any atom is 0.225 e. The second kappa shape index (κ2) is 6.73. The molecule has 3 rings (SSSR count). The predicted molar refractivity (Wildman–Crippen MR) is 89.8 cm³/mol. The number of para-hydroxylation sites is 1. The number of nitrogens with one attached hydrogen (secondary N) is 2. The minimum absolute atomic E-state index is 0.0678. The summed E-state index contributed by atoms with van der Waals surface area (Å²) < 4.78 is 0. The van der Waals surface area contributed by atoms with Gasteiger partial charge in [0, 0.05) is 23.5 Å². The van der Waals surface area contributed by atoms with Crippen molar-refractivity contribution in [2.75, 3.05) is 18.1 Å². The van der Waals surface area contributed by atoms with E-state index in [1.165, 1.54) is 24.1 Å². The molecule has 2 aliphatic rings. The average molecular weight is 304 g/mol. The molecule has 1 heterocycles. The van der Waals surface area contributed by atoms with Gasteiger partial charge in [-0.3, -0.25) is 4.79 Å². The Labute approximate surface area is 131 Å². The number of hydrogen-bond acceptors (Lipinski definition) is 3. The molecular weight excluding hydrogens is 280 g/mol. The highest BCUT2D eigenvalue weighted by Crippen LogP contribution is 2.28. The fourth-order valence-electron chi connectivity index (χ4n) is 3.39. The third kappa shape index (κ3) is 3.54. The molecule has 2 N–H and O–H groups in total. The first-order valence-corrected chi connectivity index (χ1v) is 9.20. The molecule has 1 aliphatic heterocycles. The van der Waals surface area contributed by atoms with Gasteiger partial charge >= 0.3 is 0 Å². The quantitative estimate of drug-likeness (QED) is 0.902. The number of hydrogen-bond donors (Lipinski definition) is 2. The summed E-state index contributed by atoms with van der Waals surface area (Å²) in [7, 11) is 0. The Hall–Kier alpha value is -1.16. The van der Waals surface area contributed by atoms with Gasteiger partial charge in [0.25, 0.3) is 0 Å². The third-order valence-electron chi connectivity index (χ3n) is 4.75. The summed E-state index contributed by atoms with van der Waals surface area (Å²) in [4.78, 5) is 12.5. The monoisotopic (exact) mass is 304 g/mol. The van der Waals surface area contributed by atoms with Gasteiger partial charge in [-0.1, -0.05) is 18.2 Å². The minimum Gasteiger partial charge on any atom is -0.384 e. The number of fused-ring (bicyclic) bond motifs is 1. The van der Waals surface area contributed by atoms with E-state index in [2.05, 4.69) is 29.0 Å². The topological polar surface area (TPSA) is 41.1 Å². The largest absolute Gasteiger partial charge is 0.384 e. The van der Waals surface area contributed by atoms with Gasteiger partial charge in [-0.25, -0.2) is 0 Å². The lowest BCUT2D eigenvalue weighted by atomic mass is 9.91. The zero-order valence-corrected chi connectivity index (χ0v) is 13.4. The van der Waals surface area contributed by atoms with Crippen LogP contribution in [0.25, 0.3) is 0 Å². The zero-order chi connectivity index (χ0) is 14.7. The van der Waals surface area contributed by atoms with Crippen LogP contribution in [-0.2, 0) is 11.2 Å². The molecule has 3 nitrogen and oxygen atoms in total. The first-order valence-electron chi connectivity index (χ1n) is 7.91. The number of benzene rings is 1. The number of thioether (sulfide) groups is 1. The maximum absolute atomic E-state index is 12.5. The van der Waals surface area contributed by atoms with Crippen LogP contribution in [-0.4, -0.2) is 30.0 Å². The van der Waals surface area contributed by atoms with E-state index in [0.717, 1.165) is 31.1 Å². The Kier molecular flexibility index (Phi) is 4.73. The predicted octanol–water partition coefficient (Wildman–Crippen LogP) is 3.06. The molecule has 1 atom stereocenters. The summed E-state index contributed by atoms with van der Waals surface area (Å²) in [6, 6.07) is 8.68. The van der Waals surface area contributed by atoms with Crippen LogP contribution in [0.2, 0.25) is 0 Å². The number of rotatable bonds is 3.